The number of halogens is 1. The van der Waals surface area contributed by atoms with E-state index in [1.807, 2.05) is 17.0 Å². The van der Waals surface area contributed by atoms with Crippen LogP contribution < -0.4 is 0 Å². The quantitative estimate of drug-likeness (QED) is 0.874. The molecule has 23 heavy (non-hydrogen) atoms. The molecule has 1 aliphatic heterocycles. The van der Waals surface area contributed by atoms with Crippen LogP contribution in [0.3, 0.4) is 0 Å². The molecule has 120 valence electrons. The summed E-state index contributed by atoms with van der Waals surface area (Å²) in [5, 5.41) is 0. The number of amides is 1. The Morgan fingerprint density at radius 2 is 2.04 bits per heavy atom. The van der Waals surface area contributed by atoms with Gasteiger partial charge in [-0.3, -0.25) is 4.79 Å². The molecule has 2 heterocycles. The normalized spacial score (nSPS) is 27.0. The van der Waals surface area contributed by atoms with Crippen molar-refractivity contribution in [3.8, 4) is 0 Å². The van der Waals surface area contributed by atoms with E-state index in [-0.39, 0.29) is 29.7 Å². The van der Waals surface area contributed by atoms with Crippen molar-refractivity contribution >= 4 is 5.91 Å². The third-order valence-corrected chi connectivity index (χ3v) is 4.64. The lowest BCUT2D eigenvalue weighted by atomic mass is 10.1. The van der Waals surface area contributed by atoms with Gasteiger partial charge in [-0.05, 0) is 36.2 Å². The van der Waals surface area contributed by atoms with Crippen LogP contribution >= 0.6 is 0 Å². The number of morpholine rings is 1. The molecular formula is C18H18FNO3. The van der Waals surface area contributed by atoms with Crippen LogP contribution in [0.1, 0.15) is 29.8 Å². The number of benzene rings is 1. The first-order valence-electron chi connectivity index (χ1n) is 7.91. The van der Waals surface area contributed by atoms with Gasteiger partial charge in [-0.15, -0.1) is 0 Å². The Bertz CT molecular complexity index is 683. The van der Waals surface area contributed by atoms with Gasteiger partial charge in [0, 0.05) is 18.4 Å². The van der Waals surface area contributed by atoms with Crippen LogP contribution in [0.4, 0.5) is 4.39 Å². The average Bonchev–Trinajstić information content (AvgIpc) is 3.20. The Balaban J connectivity index is 1.41. The van der Waals surface area contributed by atoms with E-state index in [1.165, 1.54) is 12.1 Å². The van der Waals surface area contributed by atoms with Crippen molar-refractivity contribution in [2.45, 2.75) is 18.4 Å². The van der Waals surface area contributed by atoms with Gasteiger partial charge < -0.3 is 14.1 Å². The van der Waals surface area contributed by atoms with Gasteiger partial charge in [0.2, 0.25) is 5.91 Å². The highest BCUT2D eigenvalue weighted by Crippen LogP contribution is 2.48. The summed E-state index contributed by atoms with van der Waals surface area (Å²) in [7, 11) is 0. The molecular weight excluding hydrogens is 297 g/mol. The predicted molar refractivity (Wildman–Crippen MR) is 81.2 cm³/mol. The predicted octanol–water partition coefficient (Wildman–Crippen LogP) is 3.12. The molecule has 2 aliphatic rings. The lowest BCUT2D eigenvalue weighted by Gasteiger charge is -2.33. The van der Waals surface area contributed by atoms with Crippen molar-refractivity contribution in [1.29, 1.82) is 0 Å². The van der Waals surface area contributed by atoms with Crippen molar-refractivity contribution in [1.82, 2.24) is 4.90 Å². The van der Waals surface area contributed by atoms with Crippen molar-refractivity contribution in [2.24, 2.45) is 5.92 Å². The highest BCUT2D eigenvalue weighted by Gasteiger charge is 2.48. The van der Waals surface area contributed by atoms with Crippen molar-refractivity contribution in [3.05, 3.63) is 59.8 Å². The Kier molecular flexibility index (Phi) is 3.65. The summed E-state index contributed by atoms with van der Waals surface area (Å²) < 4.78 is 24.2. The Morgan fingerprint density at radius 3 is 2.78 bits per heavy atom. The lowest BCUT2D eigenvalue weighted by molar-refractivity contribution is -0.140. The molecule has 1 aromatic carbocycles. The molecule has 5 heteroatoms. The maximum absolute atomic E-state index is 13.0. The number of carbonyl (C=O) groups is 1. The fourth-order valence-electron chi connectivity index (χ4n) is 3.25. The van der Waals surface area contributed by atoms with E-state index in [4.69, 9.17) is 9.15 Å². The molecule has 1 aliphatic carbocycles. The summed E-state index contributed by atoms with van der Waals surface area (Å²) in [6, 6.07) is 10.1. The SMILES string of the molecule is O=C([C@@H]1C[C@H]1c1ccco1)N1CCO[C@H](c2ccc(F)cc2)C1. The number of furan rings is 1. The fourth-order valence-corrected chi connectivity index (χ4v) is 3.25. The van der Waals surface area contributed by atoms with Crippen molar-refractivity contribution in [3.63, 3.8) is 0 Å². The fraction of sp³-hybridized carbons (Fsp3) is 0.389. The van der Waals surface area contributed by atoms with Crippen LogP contribution in [-0.2, 0) is 9.53 Å². The van der Waals surface area contributed by atoms with E-state index in [0.29, 0.717) is 19.7 Å². The van der Waals surface area contributed by atoms with E-state index in [9.17, 15) is 9.18 Å². The van der Waals surface area contributed by atoms with Gasteiger partial charge >= 0.3 is 0 Å². The molecule has 0 bridgehead atoms. The molecule has 2 aromatic rings. The largest absolute Gasteiger partial charge is 0.469 e. The first kappa shape index (κ1) is 14.5. The Hall–Kier alpha value is -2.14. The number of carbonyl (C=O) groups excluding carboxylic acids is 1. The number of hydrogen-bond acceptors (Lipinski definition) is 3. The van der Waals surface area contributed by atoms with Crippen LogP contribution in [0.25, 0.3) is 0 Å². The van der Waals surface area contributed by atoms with Crippen molar-refractivity contribution < 1.29 is 18.3 Å². The van der Waals surface area contributed by atoms with Crippen LogP contribution in [0.5, 0.6) is 0 Å². The second kappa shape index (κ2) is 5.81. The van der Waals surface area contributed by atoms with E-state index in [1.54, 1.807) is 18.4 Å². The van der Waals surface area contributed by atoms with Gasteiger partial charge in [-0.1, -0.05) is 12.1 Å². The minimum absolute atomic E-state index is 0.0214. The van der Waals surface area contributed by atoms with E-state index in [0.717, 1.165) is 17.7 Å². The summed E-state index contributed by atoms with van der Waals surface area (Å²) in [4.78, 5) is 14.5. The molecule has 0 spiro atoms. The zero-order valence-corrected chi connectivity index (χ0v) is 12.7. The maximum Gasteiger partial charge on any atom is 0.226 e. The summed E-state index contributed by atoms with van der Waals surface area (Å²) in [6.07, 6.45) is 2.31. The number of rotatable bonds is 3. The molecule has 4 nitrogen and oxygen atoms in total. The van der Waals surface area contributed by atoms with Gasteiger partial charge in [0.1, 0.15) is 17.7 Å². The highest BCUT2D eigenvalue weighted by molar-refractivity contribution is 5.83. The smallest absolute Gasteiger partial charge is 0.226 e. The number of ether oxygens (including phenoxy) is 1. The van der Waals surface area contributed by atoms with E-state index < -0.39 is 0 Å². The van der Waals surface area contributed by atoms with Gasteiger partial charge in [0.05, 0.1) is 19.4 Å². The van der Waals surface area contributed by atoms with E-state index >= 15 is 0 Å². The molecule has 1 saturated heterocycles. The Morgan fingerprint density at radius 1 is 1.22 bits per heavy atom. The molecule has 0 N–H and O–H groups in total. The van der Waals surface area contributed by atoms with Crippen molar-refractivity contribution in [2.75, 3.05) is 19.7 Å². The molecule has 3 atom stereocenters. The van der Waals surface area contributed by atoms with Crippen LogP contribution in [0, 0.1) is 11.7 Å². The zero-order valence-electron chi connectivity index (χ0n) is 12.7. The molecule has 2 fully saturated rings. The third kappa shape index (κ3) is 2.88. The molecule has 1 aromatic heterocycles. The topological polar surface area (TPSA) is 42.7 Å². The third-order valence-electron chi connectivity index (χ3n) is 4.64. The molecule has 0 radical (unpaired) electrons. The number of hydrogen-bond donors (Lipinski definition) is 0. The van der Waals surface area contributed by atoms with Gasteiger partial charge in [0.15, 0.2) is 0 Å². The monoisotopic (exact) mass is 315 g/mol. The highest BCUT2D eigenvalue weighted by atomic mass is 19.1. The van der Waals surface area contributed by atoms with Crippen LogP contribution in [-0.4, -0.2) is 30.5 Å². The summed E-state index contributed by atoms with van der Waals surface area (Å²) in [5.41, 5.74) is 0.905. The molecule has 0 unspecified atom stereocenters. The van der Waals surface area contributed by atoms with Gasteiger partial charge in [0.25, 0.3) is 0 Å². The second-order valence-corrected chi connectivity index (χ2v) is 6.16. The zero-order chi connectivity index (χ0) is 15.8. The summed E-state index contributed by atoms with van der Waals surface area (Å²) >= 11 is 0. The lowest BCUT2D eigenvalue weighted by Crippen LogP contribution is -2.43. The minimum Gasteiger partial charge on any atom is -0.469 e. The standard InChI is InChI=1S/C18H18FNO3/c19-13-5-3-12(4-6-13)17-11-20(7-9-23-17)18(21)15-10-14(15)16-2-1-8-22-16/h1-6,8,14-15,17H,7,9-11H2/t14-,15-,17+/m1/s1. The molecule has 4 rings (SSSR count). The van der Waals surface area contributed by atoms with Crippen LogP contribution in [0.15, 0.2) is 47.1 Å². The first-order chi connectivity index (χ1) is 11.2. The maximum atomic E-state index is 13.0. The number of nitrogens with zero attached hydrogens (tertiary/aromatic N) is 1. The Labute approximate surface area is 133 Å². The van der Waals surface area contributed by atoms with Gasteiger partial charge in [-0.25, -0.2) is 4.39 Å². The van der Waals surface area contributed by atoms with Gasteiger partial charge in [-0.2, -0.15) is 0 Å². The average molecular weight is 315 g/mol. The first-order valence-corrected chi connectivity index (χ1v) is 7.91. The second-order valence-electron chi connectivity index (χ2n) is 6.16. The summed E-state index contributed by atoms with van der Waals surface area (Å²) in [6.45, 7) is 1.63. The molecule has 1 amide bonds. The van der Waals surface area contributed by atoms with E-state index in [2.05, 4.69) is 0 Å². The molecule has 1 saturated carbocycles. The van der Waals surface area contributed by atoms with Crippen LogP contribution in [0.2, 0.25) is 0 Å². The summed E-state index contributed by atoms with van der Waals surface area (Å²) in [5.74, 6) is 1.03. The minimum atomic E-state index is -0.267.